The number of benzene rings is 2. The van der Waals surface area contributed by atoms with Gasteiger partial charge in [-0.25, -0.2) is 13.2 Å². The Balaban J connectivity index is 1.88. The van der Waals surface area contributed by atoms with E-state index in [0.717, 1.165) is 30.4 Å². The zero-order valence-corrected chi connectivity index (χ0v) is 18.0. The van der Waals surface area contributed by atoms with E-state index < -0.39 is 9.84 Å². The monoisotopic (exact) mass is 414 g/mol. The van der Waals surface area contributed by atoms with Crippen molar-refractivity contribution in [1.82, 2.24) is 5.32 Å². The van der Waals surface area contributed by atoms with Crippen LogP contribution in [0.5, 0.6) is 0 Å². The Bertz CT molecular complexity index is 942. The standard InChI is InChI=1S/C23H30N2O3S/c1-3-14-29(27,28)20-12-13-21(18-9-5-4-6-10-18)22(16-20)25-23(26)24-19-11-7-8-17(2)15-19/h4-6,9-10,12-13,16-17,19H,3,7-8,11,14-15H2,1-2H3,(H2,24,25,26). The Morgan fingerprint density at radius 2 is 1.86 bits per heavy atom. The van der Waals surface area contributed by atoms with E-state index in [2.05, 4.69) is 17.6 Å². The molecule has 6 heteroatoms. The van der Waals surface area contributed by atoms with Crippen molar-refractivity contribution in [3.05, 3.63) is 48.5 Å². The number of nitrogens with one attached hydrogen (secondary N) is 2. The molecular weight excluding hydrogens is 384 g/mol. The number of urea groups is 1. The fourth-order valence-corrected chi connectivity index (χ4v) is 5.33. The summed E-state index contributed by atoms with van der Waals surface area (Å²) in [5.74, 6) is 0.694. The van der Waals surface area contributed by atoms with Gasteiger partial charge in [0.25, 0.3) is 0 Å². The summed E-state index contributed by atoms with van der Waals surface area (Å²) < 4.78 is 25.1. The second kappa shape index (κ2) is 9.44. The van der Waals surface area contributed by atoms with Gasteiger partial charge in [0.2, 0.25) is 0 Å². The lowest BCUT2D eigenvalue weighted by Gasteiger charge is -2.27. The van der Waals surface area contributed by atoms with Crippen LogP contribution in [-0.4, -0.2) is 26.2 Å². The van der Waals surface area contributed by atoms with Crippen molar-refractivity contribution in [2.45, 2.75) is 56.9 Å². The van der Waals surface area contributed by atoms with E-state index in [4.69, 9.17) is 0 Å². The molecule has 3 rings (SSSR count). The maximum absolute atomic E-state index is 12.7. The molecule has 1 aliphatic carbocycles. The smallest absolute Gasteiger partial charge is 0.319 e. The van der Waals surface area contributed by atoms with E-state index in [0.29, 0.717) is 18.0 Å². The minimum Gasteiger partial charge on any atom is -0.335 e. The molecule has 0 saturated heterocycles. The number of sulfone groups is 1. The maximum atomic E-state index is 12.7. The van der Waals surface area contributed by atoms with Crippen molar-refractivity contribution in [3.8, 4) is 11.1 Å². The molecule has 2 amide bonds. The third-order valence-corrected chi connectivity index (χ3v) is 7.35. The van der Waals surface area contributed by atoms with Gasteiger partial charge < -0.3 is 10.6 Å². The van der Waals surface area contributed by atoms with Crippen LogP contribution in [0.25, 0.3) is 11.1 Å². The van der Waals surface area contributed by atoms with Gasteiger partial charge in [-0.15, -0.1) is 0 Å². The lowest BCUT2D eigenvalue weighted by molar-refractivity contribution is 0.238. The highest BCUT2D eigenvalue weighted by Gasteiger charge is 2.22. The van der Waals surface area contributed by atoms with Crippen molar-refractivity contribution in [3.63, 3.8) is 0 Å². The lowest BCUT2D eigenvalue weighted by Crippen LogP contribution is -2.40. The first-order chi connectivity index (χ1) is 13.9. The molecule has 0 aliphatic heterocycles. The number of carbonyl (C=O) groups is 1. The number of hydrogen-bond donors (Lipinski definition) is 2. The third-order valence-electron chi connectivity index (χ3n) is 5.43. The molecule has 0 bridgehead atoms. The summed E-state index contributed by atoms with van der Waals surface area (Å²) in [6.45, 7) is 4.05. The molecule has 0 radical (unpaired) electrons. The highest BCUT2D eigenvalue weighted by molar-refractivity contribution is 7.91. The molecule has 2 N–H and O–H groups in total. The molecule has 5 nitrogen and oxygen atoms in total. The Kier molecular flexibility index (Phi) is 6.96. The molecule has 2 aromatic rings. The van der Waals surface area contributed by atoms with Crippen LogP contribution < -0.4 is 10.6 Å². The topological polar surface area (TPSA) is 75.3 Å². The maximum Gasteiger partial charge on any atom is 0.319 e. The number of carbonyl (C=O) groups excluding carboxylic acids is 1. The van der Waals surface area contributed by atoms with Crippen molar-refractivity contribution < 1.29 is 13.2 Å². The van der Waals surface area contributed by atoms with Gasteiger partial charge in [0.15, 0.2) is 9.84 Å². The van der Waals surface area contributed by atoms with Gasteiger partial charge in [0.05, 0.1) is 16.3 Å². The molecule has 1 saturated carbocycles. The Morgan fingerprint density at radius 3 is 2.55 bits per heavy atom. The van der Waals surface area contributed by atoms with Crippen LogP contribution in [0.4, 0.5) is 10.5 Å². The molecule has 2 atom stereocenters. The van der Waals surface area contributed by atoms with Crippen molar-refractivity contribution in [1.29, 1.82) is 0 Å². The van der Waals surface area contributed by atoms with E-state index in [1.54, 1.807) is 18.2 Å². The second-order valence-corrected chi connectivity index (χ2v) is 10.1. The Hall–Kier alpha value is -2.34. The average Bonchev–Trinajstić information content (AvgIpc) is 2.68. The average molecular weight is 415 g/mol. The Morgan fingerprint density at radius 1 is 1.10 bits per heavy atom. The van der Waals surface area contributed by atoms with Gasteiger partial charge in [0, 0.05) is 11.6 Å². The summed E-state index contributed by atoms with van der Waals surface area (Å²) in [6.07, 6.45) is 4.82. The summed E-state index contributed by atoms with van der Waals surface area (Å²) in [7, 11) is -3.37. The first kappa shape index (κ1) is 21.4. The first-order valence-electron chi connectivity index (χ1n) is 10.4. The molecule has 156 valence electrons. The highest BCUT2D eigenvalue weighted by atomic mass is 32.2. The van der Waals surface area contributed by atoms with Gasteiger partial charge in [-0.1, -0.05) is 63.1 Å². The quantitative estimate of drug-likeness (QED) is 0.679. The summed E-state index contributed by atoms with van der Waals surface area (Å²) in [5.41, 5.74) is 2.23. The van der Waals surface area contributed by atoms with E-state index in [-0.39, 0.29) is 22.7 Å². The van der Waals surface area contributed by atoms with Crippen molar-refractivity contribution >= 4 is 21.6 Å². The van der Waals surface area contributed by atoms with Crippen molar-refractivity contribution in [2.24, 2.45) is 5.92 Å². The molecule has 1 fully saturated rings. The van der Waals surface area contributed by atoms with Gasteiger partial charge in [-0.3, -0.25) is 0 Å². The highest BCUT2D eigenvalue weighted by Crippen LogP contribution is 2.31. The van der Waals surface area contributed by atoms with E-state index in [1.807, 2.05) is 37.3 Å². The minimum absolute atomic E-state index is 0.0866. The van der Waals surface area contributed by atoms with Crippen LogP contribution in [0.15, 0.2) is 53.4 Å². The molecule has 29 heavy (non-hydrogen) atoms. The van der Waals surface area contributed by atoms with Crippen LogP contribution >= 0.6 is 0 Å². The molecule has 2 aromatic carbocycles. The summed E-state index contributed by atoms with van der Waals surface area (Å²) in [4.78, 5) is 12.9. The van der Waals surface area contributed by atoms with Gasteiger partial charge in [-0.2, -0.15) is 0 Å². The number of hydrogen-bond acceptors (Lipinski definition) is 3. The predicted octanol–water partition coefficient (Wildman–Crippen LogP) is 5.24. The van der Waals surface area contributed by atoms with E-state index >= 15 is 0 Å². The van der Waals surface area contributed by atoms with E-state index in [1.165, 1.54) is 6.42 Å². The molecule has 0 spiro atoms. The number of anilines is 1. The summed E-state index contributed by atoms with van der Waals surface area (Å²) in [5, 5.41) is 5.97. The summed E-state index contributed by atoms with van der Waals surface area (Å²) >= 11 is 0. The van der Waals surface area contributed by atoms with Crippen LogP contribution in [0.2, 0.25) is 0 Å². The third kappa shape index (κ3) is 5.60. The van der Waals surface area contributed by atoms with Gasteiger partial charge in [0.1, 0.15) is 0 Å². The fourth-order valence-electron chi connectivity index (χ4n) is 3.99. The van der Waals surface area contributed by atoms with Crippen LogP contribution in [0.3, 0.4) is 0 Å². The largest absolute Gasteiger partial charge is 0.335 e. The lowest BCUT2D eigenvalue weighted by atomic mass is 9.87. The molecule has 0 aromatic heterocycles. The van der Waals surface area contributed by atoms with Crippen LogP contribution in [0.1, 0.15) is 46.0 Å². The zero-order chi connectivity index (χ0) is 20.9. The minimum atomic E-state index is -3.37. The summed E-state index contributed by atoms with van der Waals surface area (Å²) in [6, 6.07) is 14.5. The fraction of sp³-hybridized carbons (Fsp3) is 0.435. The van der Waals surface area contributed by atoms with Crippen LogP contribution in [0, 0.1) is 5.92 Å². The normalized spacial score (nSPS) is 19.5. The molecular formula is C23H30N2O3S. The van der Waals surface area contributed by atoms with E-state index in [9.17, 15) is 13.2 Å². The van der Waals surface area contributed by atoms with Gasteiger partial charge in [-0.05, 0) is 42.9 Å². The SMILES string of the molecule is CCCS(=O)(=O)c1ccc(-c2ccccc2)c(NC(=O)NC2CCCC(C)C2)c1. The molecule has 0 heterocycles. The van der Waals surface area contributed by atoms with Gasteiger partial charge >= 0.3 is 6.03 Å². The first-order valence-corrected chi connectivity index (χ1v) is 12.0. The second-order valence-electron chi connectivity index (χ2n) is 7.96. The molecule has 1 aliphatic rings. The Labute approximate surface area is 173 Å². The number of amides is 2. The zero-order valence-electron chi connectivity index (χ0n) is 17.1. The number of rotatable bonds is 6. The molecule has 2 unspecified atom stereocenters. The van der Waals surface area contributed by atoms with Crippen molar-refractivity contribution in [2.75, 3.05) is 11.1 Å². The predicted molar refractivity (Wildman–Crippen MR) is 118 cm³/mol. The van der Waals surface area contributed by atoms with Crippen LogP contribution in [-0.2, 0) is 9.84 Å².